The average Bonchev–Trinajstić information content (AvgIpc) is 2.88. The molecule has 5 heteroatoms. The maximum absolute atomic E-state index is 10.6. The molecule has 0 amide bonds. The van der Waals surface area contributed by atoms with Crippen molar-refractivity contribution in [2.24, 2.45) is 0 Å². The second kappa shape index (κ2) is 7.04. The topological polar surface area (TPSA) is 59.7 Å². The Hall–Kier alpha value is -2.14. The lowest BCUT2D eigenvalue weighted by atomic mass is 10.1. The molecule has 1 N–H and O–H groups in total. The van der Waals surface area contributed by atoms with Crippen molar-refractivity contribution in [2.75, 3.05) is 7.11 Å². The lowest BCUT2D eigenvalue weighted by Crippen LogP contribution is -1.92. The standard InChI is InChI=1S/C16H16O4S/c1-11-15(7-8-20-11)21-10-13-9-12(4-6-16(17)18)3-5-14(13)19-2/h3-9H,10H2,1-2H3,(H,17,18)/b6-4+. The Morgan fingerprint density at radius 3 is 2.86 bits per heavy atom. The number of hydrogen-bond acceptors (Lipinski definition) is 4. The molecule has 0 aliphatic heterocycles. The van der Waals surface area contributed by atoms with Gasteiger partial charge in [-0.05, 0) is 36.8 Å². The summed E-state index contributed by atoms with van der Waals surface area (Å²) in [4.78, 5) is 11.7. The minimum atomic E-state index is -0.962. The van der Waals surface area contributed by atoms with E-state index in [1.807, 2.05) is 31.2 Å². The fraction of sp³-hybridized carbons (Fsp3) is 0.188. The molecule has 0 aliphatic carbocycles. The largest absolute Gasteiger partial charge is 0.496 e. The van der Waals surface area contributed by atoms with Crippen molar-refractivity contribution in [3.63, 3.8) is 0 Å². The molecule has 0 aliphatic rings. The smallest absolute Gasteiger partial charge is 0.328 e. The van der Waals surface area contributed by atoms with Gasteiger partial charge in [0.25, 0.3) is 0 Å². The van der Waals surface area contributed by atoms with E-state index in [-0.39, 0.29) is 0 Å². The van der Waals surface area contributed by atoms with E-state index in [0.717, 1.165) is 39.4 Å². The fourth-order valence-corrected chi connectivity index (χ4v) is 2.80. The van der Waals surface area contributed by atoms with E-state index in [9.17, 15) is 4.79 Å². The monoisotopic (exact) mass is 304 g/mol. The summed E-state index contributed by atoms with van der Waals surface area (Å²) in [5.41, 5.74) is 1.84. The molecule has 0 atom stereocenters. The number of furan rings is 1. The van der Waals surface area contributed by atoms with Crippen molar-refractivity contribution in [1.82, 2.24) is 0 Å². The molecule has 1 aromatic heterocycles. The molecule has 1 heterocycles. The third kappa shape index (κ3) is 4.16. The molecule has 0 fully saturated rings. The van der Waals surface area contributed by atoms with Gasteiger partial charge >= 0.3 is 5.97 Å². The summed E-state index contributed by atoms with van der Waals surface area (Å²) >= 11 is 1.66. The highest BCUT2D eigenvalue weighted by Gasteiger charge is 2.07. The summed E-state index contributed by atoms with van der Waals surface area (Å²) in [6, 6.07) is 7.54. The van der Waals surface area contributed by atoms with Crippen LogP contribution in [0.25, 0.3) is 6.08 Å². The second-order valence-corrected chi connectivity index (χ2v) is 5.39. The van der Waals surface area contributed by atoms with Gasteiger partial charge in [0.05, 0.1) is 13.4 Å². The van der Waals surface area contributed by atoms with Gasteiger partial charge in [0.15, 0.2) is 0 Å². The van der Waals surface area contributed by atoms with Crippen LogP contribution in [0.2, 0.25) is 0 Å². The van der Waals surface area contributed by atoms with Crippen LogP contribution >= 0.6 is 11.8 Å². The van der Waals surface area contributed by atoms with Crippen LogP contribution in [0.3, 0.4) is 0 Å². The summed E-state index contributed by atoms with van der Waals surface area (Å²) in [5, 5.41) is 8.68. The molecule has 0 bridgehead atoms. The quantitative estimate of drug-likeness (QED) is 0.646. The summed E-state index contributed by atoms with van der Waals surface area (Å²) in [6.07, 6.45) is 4.36. The van der Waals surface area contributed by atoms with Crippen LogP contribution in [0.1, 0.15) is 16.9 Å². The number of aliphatic carboxylic acids is 1. The third-order valence-corrected chi connectivity index (χ3v) is 4.11. The van der Waals surface area contributed by atoms with Gasteiger partial charge in [-0.25, -0.2) is 4.79 Å². The fourth-order valence-electron chi connectivity index (χ4n) is 1.86. The molecule has 110 valence electrons. The summed E-state index contributed by atoms with van der Waals surface area (Å²) < 4.78 is 10.6. The normalized spacial score (nSPS) is 11.0. The molecule has 0 unspecified atom stereocenters. The lowest BCUT2D eigenvalue weighted by Gasteiger charge is -2.09. The van der Waals surface area contributed by atoms with E-state index in [1.54, 1.807) is 31.2 Å². The predicted molar refractivity (Wildman–Crippen MR) is 82.7 cm³/mol. The maximum Gasteiger partial charge on any atom is 0.328 e. The highest BCUT2D eigenvalue weighted by molar-refractivity contribution is 7.98. The Morgan fingerprint density at radius 2 is 2.24 bits per heavy atom. The predicted octanol–water partition coefficient (Wildman–Crippen LogP) is 3.99. The van der Waals surface area contributed by atoms with Crippen molar-refractivity contribution >= 4 is 23.8 Å². The lowest BCUT2D eigenvalue weighted by molar-refractivity contribution is -0.131. The van der Waals surface area contributed by atoms with E-state index < -0.39 is 5.97 Å². The van der Waals surface area contributed by atoms with Crippen LogP contribution < -0.4 is 4.74 Å². The first-order chi connectivity index (χ1) is 10.1. The first-order valence-electron chi connectivity index (χ1n) is 6.35. The maximum atomic E-state index is 10.6. The molecular formula is C16H16O4S. The van der Waals surface area contributed by atoms with Gasteiger partial charge in [0.2, 0.25) is 0 Å². The zero-order chi connectivity index (χ0) is 15.2. The zero-order valence-corrected chi connectivity index (χ0v) is 12.6. The van der Waals surface area contributed by atoms with Crippen LogP contribution in [0.15, 0.2) is 45.9 Å². The first-order valence-corrected chi connectivity index (χ1v) is 7.33. The molecule has 4 nitrogen and oxygen atoms in total. The molecule has 0 radical (unpaired) electrons. The van der Waals surface area contributed by atoms with Gasteiger partial charge in [-0.15, -0.1) is 11.8 Å². The Balaban J connectivity index is 2.17. The number of carboxylic acid groups (broad SMARTS) is 1. The number of carbonyl (C=O) groups is 1. The van der Waals surface area contributed by atoms with E-state index in [4.69, 9.17) is 14.3 Å². The van der Waals surface area contributed by atoms with Crippen molar-refractivity contribution in [1.29, 1.82) is 0 Å². The van der Waals surface area contributed by atoms with Crippen LogP contribution in [-0.4, -0.2) is 18.2 Å². The van der Waals surface area contributed by atoms with E-state index >= 15 is 0 Å². The Bertz CT molecular complexity index is 658. The van der Waals surface area contributed by atoms with Crippen LogP contribution in [0.4, 0.5) is 0 Å². The van der Waals surface area contributed by atoms with Crippen LogP contribution in [0, 0.1) is 6.92 Å². The van der Waals surface area contributed by atoms with E-state index in [0.29, 0.717) is 0 Å². The molecule has 2 rings (SSSR count). The number of methoxy groups -OCH3 is 1. The van der Waals surface area contributed by atoms with Crippen LogP contribution in [-0.2, 0) is 10.5 Å². The van der Waals surface area contributed by atoms with Gasteiger partial charge in [-0.1, -0.05) is 6.07 Å². The Labute approximate surface area is 127 Å². The Kier molecular flexibility index (Phi) is 5.11. The molecule has 0 saturated heterocycles. The van der Waals surface area contributed by atoms with Crippen molar-refractivity contribution in [3.8, 4) is 5.75 Å². The van der Waals surface area contributed by atoms with Crippen LogP contribution in [0.5, 0.6) is 5.75 Å². The minimum Gasteiger partial charge on any atom is -0.496 e. The Morgan fingerprint density at radius 1 is 1.43 bits per heavy atom. The molecule has 0 saturated carbocycles. The SMILES string of the molecule is COc1ccc(/C=C/C(=O)O)cc1CSc1ccoc1C. The van der Waals surface area contributed by atoms with Crippen molar-refractivity contribution < 1.29 is 19.1 Å². The number of carboxylic acids is 1. The molecule has 0 spiro atoms. The van der Waals surface area contributed by atoms with E-state index in [1.165, 1.54) is 0 Å². The summed E-state index contributed by atoms with van der Waals surface area (Å²) in [5.74, 6) is 1.44. The van der Waals surface area contributed by atoms with Gasteiger partial charge in [-0.3, -0.25) is 0 Å². The molecule has 2 aromatic rings. The van der Waals surface area contributed by atoms with Gasteiger partial charge < -0.3 is 14.3 Å². The number of thioether (sulfide) groups is 1. The summed E-state index contributed by atoms with van der Waals surface area (Å²) in [6.45, 7) is 1.92. The third-order valence-electron chi connectivity index (χ3n) is 2.92. The average molecular weight is 304 g/mol. The highest BCUT2D eigenvalue weighted by atomic mass is 32.2. The zero-order valence-electron chi connectivity index (χ0n) is 11.8. The molecule has 1 aromatic carbocycles. The van der Waals surface area contributed by atoms with E-state index in [2.05, 4.69) is 0 Å². The number of hydrogen-bond donors (Lipinski definition) is 1. The number of ether oxygens (including phenoxy) is 1. The molecular weight excluding hydrogens is 288 g/mol. The first kappa shape index (κ1) is 15.3. The minimum absolute atomic E-state index is 0.721. The highest BCUT2D eigenvalue weighted by Crippen LogP contribution is 2.31. The number of rotatable bonds is 6. The van der Waals surface area contributed by atoms with Gasteiger partial charge in [0.1, 0.15) is 11.5 Å². The molecule has 21 heavy (non-hydrogen) atoms. The second-order valence-electron chi connectivity index (χ2n) is 4.37. The van der Waals surface area contributed by atoms with Crippen molar-refractivity contribution in [3.05, 3.63) is 53.5 Å². The van der Waals surface area contributed by atoms with Crippen molar-refractivity contribution in [2.45, 2.75) is 17.6 Å². The summed E-state index contributed by atoms with van der Waals surface area (Å²) in [7, 11) is 1.62. The van der Waals surface area contributed by atoms with Gasteiger partial charge in [-0.2, -0.15) is 0 Å². The number of benzene rings is 1. The van der Waals surface area contributed by atoms with Gasteiger partial charge in [0, 0.05) is 22.3 Å². The number of aryl methyl sites for hydroxylation is 1.